The van der Waals surface area contributed by atoms with Gasteiger partial charge in [0.05, 0.1) is 13.2 Å². The molecule has 412 valence electrons. The van der Waals surface area contributed by atoms with E-state index >= 15 is 0 Å². The van der Waals surface area contributed by atoms with Crippen molar-refractivity contribution in [2.24, 2.45) is 11.8 Å². The summed E-state index contributed by atoms with van der Waals surface area (Å²) in [7, 11) is 0. The van der Waals surface area contributed by atoms with Crippen molar-refractivity contribution in [2.75, 3.05) is 13.2 Å². The minimum atomic E-state index is 0.569. The van der Waals surface area contributed by atoms with Gasteiger partial charge in [0.1, 0.15) is 23.1 Å². The van der Waals surface area contributed by atoms with Crippen molar-refractivity contribution in [3.63, 3.8) is 0 Å². The maximum Gasteiger partial charge on any atom is 0.131 e. The normalized spacial score (nSPS) is 17.7. The summed E-state index contributed by atoms with van der Waals surface area (Å²) in [5.41, 5.74) is 5.17. The van der Waals surface area contributed by atoms with Crippen LogP contribution in [0.5, 0.6) is 11.5 Å². The van der Waals surface area contributed by atoms with Gasteiger partial charge in [-0.15, -0.1) is 0 Å². The molecule has 0 unspecified atom stereocenters. The highest BCUT2D eigenvalue weighted by molar-refractivity contribution is 5.29. The van der Waals surface area contributed by atoms with Crippen molar-refractivity contribution in [3.8, 4) is 11.5 Å². The Hall–Kier alpha value is -3.80. The number of aromatic nitrogens is 4. The van der Waals surface area contributed by atoms with Gasteiger partial charge in [0.15, 0.2) is 0 Å². The maximum absolute atomic E-state index is 5.98. The monoisotopic (exact) mass is 1010 g/mol. The second kappa shape index (κ2) is 39.6. The fourth-order valence-electron chi connectivity index (χ4n) is 11.5. The summed E-state index contributed by atoms with van der Waals surface area (Å²) in [6.45, 7) is 10.8. The van der Waals surface area contributed by atoms with Crippen molar-refractivity contribution in [3.05, 3.63) is 107 Å². The number of hydrogen-bond acceptors (Lipinski definition) is 6. The number of hydrogen-bond donors (Lipinski definition) is 0. The fraction of sp³-hybridized carbons (Fsp3) is 0.706. The van der Waals surface area contributed by atoms with E-state index in [-0.39, 0.29) is 0 Å². The van der Waals surface area contributed by atoms with E-state index in [1.165, 1.54) is 228 Å². The molecule has 6 nitrogen and oxygen atoms in total. The molecule has 2 saturated carbocycles. The summed E-state index contributed by atoms with van der Waals surface area (Å²) >= 11 is 0. The molecule has 2 heterocycles. The van der Waals surface area contributed by atoms with Crippen LogP contribution >= 0.6 is 0 Å². The lowest BCUT2D eigenvalue weighted by molar-refractivity contribution is 0.297. The highest BCUT2D eigenvalue weighted by Gasteiger charge is 2.25. The predicted octanol–water partition coefficient (Wildman–Crippen LogP) is 20.1. The van der Waals surface area contributed by atoms with E-state index in [2.05, 4.69) is 101 Å². The zero-order valence-electron chi connectivity index (χ0n) is 48.1. The van der Waals surface area contributed by atoms with E-state index in [9.17, 15) is 0 Å². The Bertz CT molecular complexity index is 1900. The number of rotatable bonds is 38. The second-order valence-electron chi connectivity index (χ2n) is 23.0. The van der Waals surface area contributed by atoms with Gasteiger partial charge in [-0.3, -0.25) is 0 Å². The Morgan fingerprint density at radius 1 is 0.324 bits per heavy atom. The van der Waals surface area contributed by atoms with E-state index < -0.39 is 0 Å². The molecule has 2 aliphatic carbocycles. The number of unbranched alkanes of at least 4 members (excludes halogenated alkanes) is 20. The summed E-state index contributed by atoms with van der Waals surface area (Å²) in [5.74, 6) is 7.15. The predicted molar refractivity (Wildman–Crippen MR) is 315 cm³/mol. The van der Waals surface area contributed by atoms with Crippen molar-refractivity contribution < 1.29 is 9.47 Å². The molecule has 0 amide bonds. The standard InChI is InChI=1S/C35H56N2O.C33H52N2O/c1-3-5-7-8-9-10-11-12-13-15-27-38-34-25-21-31(22-26-34)17-18-32-28-36-35(37-29-32)33-23-19-30(20-24-33)16-14-6-4-2;1-3-5-7-8-9-10-11-13-25-36-32-23-19-29(20-24-32)15-16-30-26-34-33(35-27-30)31-21-17-28(18-22-31)14-12-6-4-2/h21-22,25-26,28-30,33H,3-20,23-24,27H2,1-2H3;19-20,23-24,26-28,31H,3-18,21-22,25H2,1-2H3. The van der Waals surface area contributed by atoms with Crippen LogP contribution < -0.4 is 9.47 Å². The minimum absolute atomic E-state index is 0.569. The van der Waals surface area contributed by atoms with E-state index in [0.29, 0.717) is 11.8 Å². The fourth-order valence-corrected chi connectivity index (χ4v) is 11.5. The number of nitrogens with zero attached hydrogens (tertiary/aromatic N) is 4. The van der Waals surface area contributed by atoms with Gasteiger partial charge in [-0.05, 0) is 148 Å². The van der Waals surface area contributed by atoms with Crippen LogP contribution in [-0.4, -0.2) is 33.1 Å². The Kier molecular flexibility index (Phi) is 32.6. The minimum Gasteiger partial charge on any atom is -0.494 e. The Labute approximate surface area is 454 Å². The van der Waals surface area contributed by atoms with E-state index in [4.69, 9.17) is 29.4 Å². The van der Waals surface area contributed by atoms with Crippen molar-refractivity contribution >= 4 is 0 Å². The third kappa shape index (κ3) is 26.3. The first kappa shape index (κ1) is 61.1. The van der Waals surface area contributed by atoms with E-state index in [1.807, 2.05) is 0 Å². The molecule has 2 aromatic carbocycles. The molecule has 2 aliphatic rings. The summed E-state index contributed by atoms with van der Waals surface area (Å²) in [6, 6.07) is 17.3. The summed E-state index contributed by atoms with van der Waals surface area (Å²) in [4.78, 5) is 19.1. The van der Waals surface area contributed by atoms with Crippen molar-refractivity contribution in [1.29, 1.82) is 0 Å². The molecule has 0 N–H and O–H groups in total. The van der Waals surface area contributed by atoms with Crippen LogP contribution in [0.25, 0.3) is 0 Å². The second-order valence-corrected chi connectivity index (χ2v) is 23.0. The summed E-state index contributed by atoms with van der Waals surface area (Å²) in [6.07, 6.45) is 58.2. The van der Waals surface area contributed by atoms with Crippen LogP contribution in [-0.2, 0) is 25.7 Å². The molecule has 6 heteroatoms. The SMILES string of the molecule is CCCCCCCCCCCCOc1ccc(CCc2cnc(C3CCC(CCCCC)CC3)nc2)cc1.CCCCCCCCCCOc1ccc(CCc2cnc(C3CCC(CCCCC)CC3)nc2)cc1. The molecule has 0 radical (unpaired) electrons. The van der Waals surface area contributed by atoms with Crippen molar-refractivity contribution in [1.82, 2.24) is 19.9 Å². The highest BCUT2D eigenvalue weighted by atomic mass is 16.5. The van der Waals surface area contributed by atoms with Gasteiger partial charge in [0, 0.05) is 36.6 Å². The average molecular weight is 1010 g/mol. The molecular formula is C68H108N4O2. The first-order valence-electron chi connectivity index (χ1n) is 31.6. The molecule has 0 bridgehead atoms. The first-order valence-corrected chi connectivity index (χ1v) is 31.6. The van der Waals surface area contributed by atoms with Gasteiger partial charge >= 0.3 is 0 Å². The summed E-state index contributed by atoms with van der Waals surface area (Å²) < 4.78 is 11.9. The summed E-state index contributed by atoms with van der Waals surface area (Å²) in [5, 5.41) is 0. The molecule has 0 spiro atoms. The lowest BCUT2D eigenvalue weighted by atomic mass is 9.79. The van der Waals surface area contributed by atoms with Gasteiger partial charge in [0.2, 0.25) is 0 Å². The maximum atomic E-state index is 5.98. The first-order chi connectivity index (χ1) is 36.6. The Morgan fingerprint density at radius 2 is 0.608 bits per heavy atom. The Morgan fingerprint density at radius 3 is 0.932 bits per heavy atom. The van der Waals surface area contributed by atoms with Crippen LogP contribution in [0.2, 0.25) is 0 Å². The van der Waals surface area contributed by atoms with Crippen LogP contribution in [0.4, 0.5) is 0 Å². The van der Waals surface area contributed by atoms with Gasteiger partial charge in [-0.1, -0.05) is 206 Å². The van der Waals surface area contributed by atoms with E-state index in [0.717, 1.165) is 86.7 Å². The molecule has 4 aromatic rings. The average Bonchev–Trinajstić information content (AvgIpc) is 3.44. The number of ether oxygens (including phenoxy) is 2. The zero-order valence-corrected chi connectivity index (χ0v) is 48.1. The molecule has 74 heavy (non-hydrogen) atoms. The molecule has 6 rings (SSSR count). The van der Waals surface area contributed by atoms with Crippen molar-refractivity contribution in [2.45, 2.75) is 284 Å². The lowest BCUT2D eigenvalue weighted by Crippen LogP contribution is -2.15. The quantitative estimate of drug-likeness (QED) is 0.0417. The number of benzene rings is 2. The number of aryl methyl sites for hydroxylation is 4. The van der Waals surface area contributed by atoms with Crippen LogP contribution in [0.15, 0.2) is 73.3 Å². The molecule has 0 saturated heterocycles. The Balaban J connectivity index is 0.000000274. The third-order valence-corrected chi connectivity index (χ3v) is 16.6. The van der Waals surface area contributed by atoms with Crippen LogP contribution in [0, 0.1) is 11.8 Å². The molecule has 0 aliphatic heterocycles. The third-order valence-electron chi connectivity index (χ3n) is 16.6. The molecule has 2 aromatic heterocycles. The molecule has 2 fully saturated rings. The zero-order chi connectivity index (χ0) is 51.9. The molecular weight excluding hydrogens is 905 g/mol. The van der Waals surface area contributed by atoms with E-state index in [1.54, 1.807) is 0 Å². The van der Waals surface area contributed by atoms with Gasteiger partial charge in [0.25, 0.3) is 0 Å². The van der Waals surface area contributed by atoms with Crippen LogP contribution in [0.1, 0.15) is 292 Å². The molecule has 0 atom stereocenters. The van der Waals surface area contributed by atoms with Gasteiger partial charge in [-0.25, -0.2) is 19.9 Å². The highest BCUT2D eigenvalue weighted by Crippen LogP contribution is 2.38. The van der Waals surface area contributed by atoms with Gasteiger partial charge < -0.3 is 9.47 Å². The lowest BCUT2D eigenvalue weighted by Gasteiger charge is -2.27. The van der Waals surface area contributed by atoms with Gasteiger partial charge in [-0.2, -0.15) is 0 Å². The van der Waals surface area contributed by atoms with Crippen LogP contribution in [0.3, 0.4) is 0 Å². The largest absolute Gasteiger partial charge is 0.494 e. The smallest absolute Gasteiger partial charge is 0.131 e. The topological polar surface area (TPSA) is 70.0 Å².